The van der Waals surface area contributed by atoms with Crippen molar-refractivity contribution in [1.29, 1.82) is 0 Å². The number of aromatic nitrogens is 1. The van der Waals surface area contributed by atoms with Gasteiger partial charge in [0.25, 0.3) is 0 Å². The van der Waals surface area contributed by atoms with E-state index >= 15 is 0 Å². The van der Waals surface area contributed by atoms with Gasteiger partial charge in [0.15, 0.2) is 5.13 Å². The molecule has 0 radical (unpaired) electrons. The summed E-state index contributed by atoms with van der Waals surface area (Å²) < 4.78 is 0. The topological polar surface area (TPSA) is 108 Å². The van der Waals surface area contributed by atoms with E-state index in [0.717, 1.165) is 10.5 Å². The summed E-state index contributed by atoms with van der Waals surface area (Å²) in [5.74, 6) is -1.40. The fourth-order valence-corrected chi connectivity index (χ4v) is 4.23. The second-order valence-electron chi connectivity index (χ2n) is 6.47. The number of nitrogens with one attached hydrogen (secondary N) is 2. The zero-order chi connectivity index (χ0) is 23.1. The summed E-state index contributed by atoms with van der Waals surface area (Å²) in [5.41, 5.74) is 2.06. The van der Waals surface area contributed by atoms with Gasteiger partial charge in [-0.15, -0.1) is 23.1 Å². The molecule has 0 aliphatic heterocycles. The van der Waals surface area contributed by atoms with Crippen LogP contribution in [0.5, 0.6) is 0 Å². The lowest BCUT2D eigenvalue weighted by Crippen LogP contribution is -2.14. The van der Waals surface area contributed by atoms with Crippen LogP contribution in [0.25, 0.3) is 11.3 Å². The predicted octanol–water partition coefficient (Wildman–Crippen LogP) is 5.65. The summed E-state index contributed by atoms with van der Waals surface area (Å²) in [6, 6.07) is 12.2. The van der Waals surface area contributed by atoms with E-state index in [2.05, 4.69) is 15.6 Å². The van der Waals surface area contributed by atoms with Crippen LogP contribution in [0.15, 0.2) is 52.7 Å². The van der Waals surface area contributed by atoms with Crippen molar-refractivity contribution in [3.8, 4) is 11.3 Å². The molecule has 32 heavy (non-hydrogen) atoms. The number of carboxylic acid groups (broad SMARTS) is 1. The first-order valence-electron chi connectivity index (χ1n) is 9.25. The summed E-state index contributed by atoms with van der Waals surface area (Å²) >= 11 is 14.6. The van der Waals surface area contributed by atoms with Crippen molar-refractivity contribution in [3.05, 3.63) is 57.9 Å². The number of halogens is 2. The molecule has 166 valence electrons. The number of carbonyl (C=O) groups is 3. The Bertz CT molecular complexity index is 1140. The van der Waals surface area contributed by atoms with Gasteiger partial charge in [0, 0.05) is 27.9 Å². The third kappa shape index (κ3) is 7.23. The molecule has 0 aliphatic carbocycles. The first-order valence-corrected chi connectivity index (χ1v) is 11.9. The molecule has 3 aromatic rings. The van der Waals surface area contributed by atoms with E-state index in [9.17, 15) is 14.4 Å². The van der Waals surface area contributed by atoms with Gasteiger partial charge in [0.05, 0.1) is 27.9 Å². The standard InChI is InChI=1S/C21H17Cl2N3O4S2/c22-15-6-1-12(9-16(15)23)17-10-32-21(25-17)26-19(28)11-31-14-4-2-13(3-5-14)24-18(27)7-8-20(29)30/h1-6,9-10H,7-8,11H2,(H,24,27)(H,29,30)(H,25,26,28). The number of nitrogens with zero attached hydrogens (tertiary/aromatic N) is 1. The monoisotopic (exact) mass is 509 g/mol. The van der Waals surface area contributed by atoms with Crippen LogP contribution in [-0.2, 0) is 14.4 Å². The number of hydrogen-bond donors (Lipinski definition) is 3. The van der Waals surface area contributed by atoms with Gasteiger partial charge in [0.2, 0.25) is 11.8 Å². The van der Waals surface area contributed by atoms with Crippen molar-refractivity contribution >= 4 is 74.9 Å². The molecule has 0 atom stereocenters. The van der Waals surface area contributed by atoms with Gasteiger partial charge in [0.1, 0.15) is 0 Å². The molecule has 2 aromatic carbocycles. The Morgan fingerprint density at radius 2 is 1.72 bits per heavy atom. The minimum Gasteiger partial charge on any atom is -0.481 e. The highest BCUT2D eigenvalue weighted by Crippen LogP contribution is 2.30. The molecule has 0 saturated heterocycles. The van der Waals surface area contributed by atoms with Crippen molar-refractivity contribution < 1.29 is 19.5 Å². The average Bonchev–Trinajstić information content (AvgIpc) is 3.22. The molecule has 0 unspecified atom stereocenters. The van der Waals surface area contributed by atoms with E-state index in [1.165, 1.54) is 23.1 Å². The smallest absolute Gasteiger partial charge is 0.303 e. The molecule has 2 amide bonds. The van der Waals surface area contributed by atoms with Crippen LogP contribution in [0, 0.1) is 0 Å². The maximum absolute atomic E-state index is 12.3. The number of carboxylic acids is 1. The van der Waals surface area contributed by atoms with E-state index in [4.69, 9.17) is 28.3 Å². The van der Waals surface area contributed by atoms with Gasteiger partial charge in [-0.2, -0.15) is 0 Å². The van der Waals surface area contributed by atoms with Crippen LogP contribution < -0.4 is 10.6 Å². The van der Waals surface area contributed by atoms with Crippen LogP contribution in [0.1, 0.15) is 12.8 Å². The minimum absolute atomic E-state index is 0.0878. The maximum Gasteiger partial charge on any atom is 0.303 e. The number of carbonyl (C=O) groups excluding carboxylic acids is 2. The molecular formula is C21H17Cl2N3O4S2. The van der Waals surface area contributed by atoms with E-state index in [1.807, 2.05) is 11.4 Å². The largest absolute Gasteiger partial charge is 0.481 e. The molecule has 11 heteroatoms. The highest BCUT2D eigenvalue weighted by Gasteiger charge is 2.10. The van der Waals surface area contributed by atoms with E-state index in [0.29, 0.717) is 26.6 Å². The van der Waals surface area contributed by atoms with Crippen LogP contribution in [0.3, 0.4) is 0 Å². The molecule has 0 aliphatic rings. The Kier molecular flexibility index (Phi) is 8.52. The lowest BCUT2D eigenvalue weighted by Gasteiger charge is -2.06. The Morgan fingerprint density at radius 3 is 2.41 bits per heavy atom. The number of amides is 2. The highest BCUT2D eigenvalue weighted by molar-refractivity contribution is 8.00. The molecule has 3 N–H and O–H groups in total. The predicted molar refractivity (Wildman–Crippen MR) is 129 cm³/mol. The van der Waals surface area contributed by atoms with Crippen LogP contribution in [-0.4, -0.2) is 33.6 Å². The summed E-state index contributed by atoms with van der Waals surface area (Å²) in [4.78, 5) is 39.7. The third-order valence-corrected chi connectivity index (χ3v) is 6.55. The van der Waals surface area contributed by atoms with Crippen LogP contribution in [0.4, 0.5) is 10.8 Å². The zero-order valence-corrected chi connectivity index (χ0v) is 19.6. The lowest BCUT2D eigenvalue weighted by atomic mass is 10.2. The fraction of sp³-hybridized carbons (Fsp3) is 0.143. The fourth-order valence-electron chi connectivity index (χ4n) is 2.50. The van der Waals surface area contributed by atoms with Gasteiger partial charge >= 0.3 is 5.97 Å². The summed E-state index contributed by atoms with van der Waals surface area (Å²) in [7, 11) is 0. The van der Waals surface area contributed by atoms with Crippen LogP contribution in [0.2, 0.25) is 10.0 Å². The average molecular weight is 510 g/mol. The quantitative estimate of drug-likeness (QED) is 0.321. The summed E-state index contributed by atoms with van der Waals surface area (Å²) in [5, 5.41) is 17.2. The number of rotatable bonds is 9. The number of anilines is 2. The first kappa shape index (κ1) is 24.1. The molecule has 3 rings (SSSR count). The van der Waals surface area contributed by atoms with Crippen LogP contribution >= 0.6 is 46.3 Å². The number of aliphatic carboxylic acids is 1. The second-order valence-corrected chi connectivity index (χ2v) is 9.19. The van der Waals surface area contributed by atoms with Crippen molar-refractivity contribution in [3.63, 3.8) is 0 Å². The van der Waals surface area contributed by atoms with Crippen molar-refractivity contribution in [1.82, 2.24) is 4.98 Å². The highest BCUT2D eigenvalue weighted by atomic mass is 35.5. The first-order chi connectivity index (χ1) is 15.3. The number of hydrogen-bond acceptors (Lipinski definition) is 6. The maximum atomic E-state index is 12.3. The molecule has 1 heterocycles. The molecule has 0 saturated carbocycles. The van der Waals surface area contributed by atoms with Crippen molar-refractivity contribution in [2.24, 2.45) is 0 Å². The molecule has 0 spiro atoms. The van der Waals surface area contributed by atoms with Gasteiger partial charge in [-0.3, -0.25) is 14.4 Å². The summed E-state index contributed by atoms with van der Waals surface area (Å²) in [6.07, 6.45) is -0.307. The Labute approximate surface area is 202 Å². The molecule has 7 nitrogen and oxygen atoms in total. The van der Waals surface area contributed by atoms with E-state index < -0.39 is 5.97 Å². The number of benzene rings is 2. The third-order valence-electron chi connectivity index (χ3n) is 4.04. The molecule has 0 bridgehead atoms. The second kappa shape index (κ2) is 11.3. The SMILES string of the molecule is O=C(O)CCC(=O)Nc1ccc(SCC(=O)Nc2nc(-c3ccc(Cl)c(Cl)c3)cs2)cc1. The Morgan fingerprint density at radius 1 is 0.969 bits per heavy atom. The number of thioether (sulfide) groups is 1. The normalized spacial score (nSPS) is 10.6. The lowest BCUT2D eigenvalue weighted by molar-refractivity contribution is -0.138. The molecule has 0 fully saturated rings. The number of thiazole rings is 1. The Hall–Kier alpha value is -2.59. The van der Waals surface area contributed by atoms with Gasteiger partial charge in [-0.05, 0) is 36.4 Å². The zero-order valence-electron chi connectivity index (χ0n) is 16.4. The summed E-state index contributed by atoms with van der Waals surface area (Å²) in [6.45, 7) is 0. The minimum atomic E-state index is -1.02. The van der Waals surface area contributed by atoms with E-state index in [1.54, 1.807) is 36.4 Å². The van der Waals surface area contributed by atoms with Crippen molar-refractivity contribution in [2.75, 3.05) is 16.4 Å². The van der Waals surface area contributed by atoms with Crippen molar-refractivity contribution in [2.45, 2.75) is 17.7 Å². The van der Waals surface area contributed by atoms with Gasteiger partial charge < -0.3 is 15.7 Å². The Balaban J connectivity index is 1.48. The molecular weight excluding hydrogens is 493 g/mol. The van der Waals surface area contributed by atoms with Gasteiger partial charge in [-0.25, -0.2) is 4.98 Å². The molecule has 1 aromatic heterocycles. The van der Waals surface area contributed by atoms with E-state index in [-0.39, 0.29) is 30.4 Å². The van der Waals surface area contributed by atoms with Gasteiger partial charge in [-0.1, -0.05) is 29.3 Å².